The topological polar surface area (TPSA) is 159 Å². The zero-order valence-corrected chi connectivity index (χ0v) is 22.9. The zero-order chi connectivity index (χ0) is 25.9. The molecule has 1 N–H and O–H groups in total. The van der Waals surface area contributed by atoms with Crippen LogP contribution in [0.15, 0.2) is 48.5 Å². The van der Waals surface area contributed by atoms with E-state index in [9.17, 15) is 32.1 Å². The summed E-state index contributed by atoms with van der Waals surface area (Å²) in [5.74, 6) is -3.46. The third-order valence-corrected chi connectivity index (χ3v) is 7.09. The predicted molar refractivity (Wildman–Crippen MR) is 123 cm³/mol. The van der Waals surface area contributed by atoms with Crippen molar-refractivity contribution in [3.8, 4) is 11.1 Å². The number of hydrogen-bond donors (Lipinski definition) is 1. The molecule has 190 valence electrons. The molecule has 1 heterocycles. The molecule has 37 heavy (non-hydrogen) atoms. The summed E-state index contributed by atoms with van der Waals surface area (Å²) < 4.78 is 38.4. The number of nitrogens with one attached hydrogen (secondary N) is 1. The third kappa shape index (κ3) is 6.57. The van der Waals surface area contributed by atoms with Crippen LogP contribution in [0.3, 0.4) is 0 Å². The average Bonchev–Trinajstić information content (AvgIpc) is 3.32. The Morgan fingerprint density at radius 1 is 1.00 bits per heavy atom. The molecule has 11 nitrogen and oxygen atoms in total. The summed E-state index contributed by atoms with van der Waals surface area (Å²) in [5.41, 5.74) is 4.44. The number of alkyl carbamates (subject to hydrolysis) is 1. The van der Waals surface area contributed by atoms with Gasteiger partial charge in [-0.2, -0.15) is 0 Å². The van der Waals surface area contributed by atoms with Gasteiger partial charge in [-0.1, -0.05) is 48.5 Å². The second kappa shape index (κ2) is 12.2. The Kier molecular flexibility index (Phi) is 9.48. The first-order valence-electron chi connectivity index (χ1n) is 11.3. The molecule has 0 spiro atoms. The second-order valence-electron chi connectivity index (χ2n) is 8.38. The van der Waals surface area contributed by atoms with Gasteiger partial charge in [0, 0.05) is 18.9 Å². The van der Waals surface area contributed by atoms with Crippen LogP contribution in [-0.2, 0) is 34.1 Å². The molecule has 13 heteroatoms. The molecule has 1 unspecified atom stereocenters. The molecule has 1 aliphatic carbocycles. The minimum absolute atomic E-state index is 0. The quantitative estimate of drug-likeness (QED) is 0.180. The van der Waals surface area contributed by atoms with Gasteiger partial charge in [-0.05, 0) is 35.1 Å². The van der Waals surface area contributed by atoms with Crippen LogP contribution in [0, 0.1) is 0 Å². The second-order valence-corrected chi connectivity index (χ2v) is 9.94. The summed E-state index contributed by atoms with van der Waals surface area (Å²) in [4.78, 5) is 52.2. The summed E-state index contributed by atoms with van der Waals surface area (Å²) in [6.07, 6.45) is -1.03. The Morgan fingerprint density at radius 3 is 2.16 bits per heavy atom. The maximum Gasteiger partial charge on any atom is 1.00 e. The Balaban J connectivity index is 0.00000380. The summed E-state index contributed by atoms with van der Waals surface area (Å²) in [5, 5.41) is 0.546. The number of carbonyl (C=O) groups excluding carboxylic acids is 4. The average molecular weight is 539 g/mol. The largest absolute Gasteiger partial charge is 1.00 e. The minimum Gasteiger partial charge on any atom is -0.747 e. The minimum atomic E-state index is -5.03. The van der Waals surface area contributed by atoms with E-state index in [1.807, 2.05) is 48.5 Å². The molecule has 1 atom stereocenters. The van der Waals surface area contributed by atoms with Gasteiger partial charge in [-0.3, -0.25) is 9.59 Å². The van der Waals surface area contributed by atoms with Crippen LogP contribution in [0.1, 0.15) is 42.7 Å². The van der Waals surface area contributed by atoms with Gasteiger partial charge in [0.15, 0.2) is 0 Å². The molecule has 1 fully saturated rings. The van der Waals surface area contributed by atoms with E-state index < -0.39 is 45.7 Å². The van der Waals surface area contributed by atoms with E-state index in [1.54, 1.807) is 0 Å². The van der Waals surface area contributed by atoms with E-state index in [2.05, 4.69) is 10.2 Å². The van der Waals surface area contributed by atoms with Crippen LogP contribution in [-0.4, -0.2) is 60.3 Å². The van der Waals surface area contributed by atoms with Crippen molar-refractivity contribution < 1.29 is 71.3 Å². The fourth-order valence-corrected chi connectivity index (χ4v) is 4.98. The Bertz CT molecular complexity index is 1270. The molecule has 0 bridgehead atoms. The van der Waals surface area contributed by atoms with E-state index in [-0.39, 0.29) is 66.5 Å². The number of nitrogens with zero attached hydrogens (tertiary/aromatic N) is 1. The number of benzene rings is 2. The monoisotopic (exact) mass is 538 g/mol. The van der Waals surface area contributed by atoms with Crippen molar-refractivity contribution in [1.82, 2.24) is 10.4 Å². The number of hydrogen-bond acceptors (Lipinski definition) is 9. The molecule has 0 saturated carbocycles. The van der Waals surface area contributed by atoms with Crippen LogP contribution in [0.5, 0.6) is 0 Å². The van der Waals surface area contributed by atoms with Crippen LogP contribution >= 0.6 is 0 Å². The number of fused-ring (bicyclic) bond motifs is 3. The van der Waals surface area contributed by atoms with E-state index in [4.69, 9.17) is 4.74 Å². The fourth-order valence-electron chi connectivity index (χ4n) is 4.29. The Hall–Kier alpha value is -2.77. The van der Waals surface area contributed by atoms with Gasteiger partial charge in [-0.15, -0.1) is 5.06 Å². The van der Waals surface area contributed by atoms with Crippen molar-refractivity contribution in [3.63, 3.8) is 0 Å². The number of hydroxylamine groups is 2. The van der Waals surface area contributed by atoms with Crippen LogP contribution < -0.4 is 34.9 Å². The normalized spacial score (nSPS) is 16.6. The third-order valence-electron chi connectivity index (χ3n) is 6.02. The molecule has 2 aromatic carbocycles. The van der Waals surface area contributed by atoms with E-state index in [0.717, 1.165) is 22.3 Å². The first-order chi connectivity index (χ1) is 17.2. The van der Waals surface area contributed by atoms with Gasteiger partial charge in [0.05, 0.1) is 6.42 Å². The van der Waals surface area contributed by atoms with E-state index >= 15 is 0 Å². The van der Waals surface area contributed by atoms with Crippen molar-refractivity contribution in [1.29, 1.82) is 0 Å². The summed E-state index contributed by atoms with van der Waals surface area (Å²) in [7, 11) is -5.03. The van der Waals surface area contributed by atoms with Gasteiger partial charge >= 0.3 is 41.6 Å². The molecule has 2 aromatic rings. The molecular weight excluding hydrogens is 515 g/mol. The van der Waals surface area contributed by atoms with E-state index in [1.165, 1.54) is 0 Å². The zero-order valence-electron chi connectivity index (χ0n) is 20.0. The smallest absolute Gasteiger partial charge is 0.747 e. The summed E-state index contributed by atoms with van der Waals surface area (Å²) >= 11 is 0. The van der Waals surface area contributed by atoms with E-state index in [0.29, 0.717) is 6.42 Å². The fraction of sp³-hybridized carbons (Fsp3) is 0.333. The summed E-state index contributed by atoms with van der Waals surface area (Å²) in [6, 6.07) is 15.9. The van der Waals surface area contributed by atoms with Gasteiger partial charge in [-0.25, -0.2) is 18.0 Å². The molecule has 2 aliphatic rings. The molecule has 4 rings (SSSR count). The first-order valence-corrected chi connectivity index (χ1v) is 12.7. The summed E-state index contributed by atoms with van der Waals surface area (Å²) in [6.45, 7) is 0.381. The molecular formula is C24H23N2NaO9S. The van der Waals surface area contributed by atoms with Crippen molar-refractivity contribution in [2.75, 3.05) is 13.2 Å². The van der Waals surface area contributed by atoms with Gasteiger partial charge in [0.2, 0.25) is 0 Å². The Morgan fingerprint density at radius 2 is 1.59 bits per heavy atom. The molecule has 0 aromatic heterocycles. The standard InChI is InChI=1S/C24H24N2O9S.Na/c27-21-13-20(36(31,32)33)23(29)26(21)35-22(28)11-5-6-12-25-24(30)34-14-19-17-9-3-1-7-15(17)16-8-2-4-10-18(16)19;/h1-4,7-10,19-20H,5-6,11-14H2,(H,25,30)(H,31,32,33);/q;+1/p-1. The maximum absolute atomic E-state index is 12.2. The van der Waals surface area contributed by atoms with Crippen LogP contribution in [0.2, 0.25) is 0 Å². The maximum atomic E-state index is 12.2. The number of amides is 3. The SMILES string of the molecule is O=C(CCCCNC(=O)OCC1c2ccccc2-c2ccccc21)ON1C(=O)CC(S(=O)(=O)[O-])C1=O.[Na+]. The van der Waals surface area contributed by atoms with Crippen molar-refractivity contribution in [3.05, 3.63) is 59.7 Å². The number of rotatable bonds is 9. The number of carbonyl (C=O) groups is 4. The predicted octanol–water partition coefficient (Wildman–Crippen LogP) is -1.17. The Labute approximate surface area is 235 Å². The molecule has 1 aliphatic heterocycles. The number of unbranched alkanes of at least 4 members (excludes halogenated alkanes) is 1. The van der Waals surface area contributed by atoms with Gasteiger partial charge in [0.25, 0.3) is 11.8 Å². The number of imide groups is 1. The number of ether oxygens (including phenoxy) is 1. The van der Waals surface area contributed by atoms with Crippen LogP contribution in [0.25, 0.3) is 11.1 Å². The molecule has 3 amide bonds. The van der Waals surface area contributed by atoms with Gasteiger partial charge in [0.1, 0.15) is 22.0 Å². The van der Waals surface area contributed by atoms with Crippen LogP contribution in [0.4, 0.5) is 4.79 Å². The first kappa shape index (κ1) is 28.8. The van der Waals surface area contributed by atoms with Gasteiger partial charge < -0.3 is 19.4 Å². The van der Waals surface area contributed by atoms with Crippen molar-refractivity contribution in [2.24, 2.45) is 0 Å². The van der Waals surface area contributed by atoms with Crippen molar-refractivity contribution in [2.45, 2.75) is 36.9 Å². The molecule has 0 radical (unpaired) electrons. The molecule has 1 saturated heterocycles. The van der Waals surface area contributed by atoms with Crippen molar-refractivity contribution >= 4 is 34.0 Å².